The summed E-state index contributed by atoms with van der Waals surface area (Å²) < 4.78 is 48.1. The van der Waals surface area contributed by atoms with Gasteiger partial charge in [-0.25, -0.2) is 21.6 Å². The summed E-state index contributed by atoms with van der Waals surface area (Å²) in [5.74, 6) is -1.16. The number of ether oxygens (including phenoxy) is 1. The van der Waals surface area contributed by atoms with Gasteiger partial charge in [0.25, 0.3) is 5.91 Å². The van der Waals surface area contributed by atoms with E-state index in [9.17, 15) is 22.4 Å². The first kappa shape index (κ1) is 30.8. The standard InChI is InChI=1S/C31H40FN5O5S/c1-31(2)17-27-28(24-12-6-20(32)16-26(24)37(27)43(40,41)18-31)19-5-11-23(29(33)38)25(15-19)35-21-7-9-22(10-8-21)42-30(39)34-13-14-36(3)4/h5-6,11-12,15-16,21-22,35H,7-10,13-14,17-18H2,1-4H3,(H2,33,38)(H,34,39). The van der Waals surface area contributed by atoms with Gasteiger partial charge < -0.3 is 26.0 Å². The van der Waals surface area contributed by atoms with Gasteiger partial charge in [0.15, 0.2) is 0 Å². The third-order valence-electron chi connectivity index (χ3n) is 8.19. The number of nitrogens with one attached hydrogen (secondary N) is 2. The molecule has 2 heterocycles. The average Bonchev–Trinajstić information content (AvgIpc) is 3.21. The number of nitrogens with two attached hydrogens (primary N) is 1. The number of amides is 2. The maximum atomic E-state index is 14.4. The second-order valence-corrected chi connectivity index (χ2v) is 14.5. The van der Waals surface area contributed by atoms with Gasteiger partial charge in [-0.1, -0.05) is 19.9 Å². The molecule has 0 unspecified atom stereocenters. The number of aromatic nitrogens is 1. The molecule has 5 rings (SSSR count). The van der Waals surface area contributed by atoms with Crippen molar-refractivity contribution in [3.63, 3.8) is 0 Å². The summed E-state index contributed by atoms with van der Waals surface area (Å²) in [5.41, 5.74) is 8.39. The zero-order chi connectivity index (χ0) is 31.1. The molecule has 0 atom stereocenters. The van der Waals surface area contributed by atoms with Crippen molar-refractivity contribution in [1.82, 2.24) is 14.2 Å². The first-order valence-corrected chi connectivity index (χ1v) is 16.2. The molecule has 2 amide bonds. The van der Waals surface area contributed by atoms with Crippen LogP contribution < -0.4 is 16.4 Å². The molecule has 232 valence electrons. The molecule has 1 aromatic heterocycles. The van der Waals surface area contributed by atoms with Crippen LogP contribution in [0.2, 0.25) is 0 Å². The van der Waals surface area contributed by atoms with E-state index >= 15 is 0 Å². The number of rotatable bonds is 8. The number of benzene rings is 2. The number of hydrogen-bond donors (Lipinski definition) is 3. The van der Waals surface area contributed by atoms with Crippen LogP contribution in [0.25, 0.3) is 22.0 Å². The summed E-state index contributed by atoms with van der Waals surface area (Å²) in [6.07, 6.45) is 2.63. The van der Waals surface area contributed by atoms with Crippen molar-refractivity contribution >= 4 is 38.6 Å². The van der Waals surface area contributed by atoms with Crippen LogP contribution in [0, 0.1) is 11.2 Å². The van der Waals surface area contributed by atoms with Gasteiger partial charge in [0.05, 0.1) is 16.8 Å². The van der Waals surface area contributed by atoms with E-state index < -0.39 is 33.3 Å². The minimum Gasteiger partial charge on any atom is -0.446 e. The Balaban J connectivity index is 1.42. The van der Waals surface area contributed by atoms with Crippen molar-refractivity contribution in [3.05, 3.63) is 53.5 Å². The number of carbonyl (C=O) groups is 2. The molecule has 10 nitrogen and oxygen atoms in total. The fourth-order valence-electron chi connectivity index (χ4n) is 6.30. The summed E-state index contributed by atoms with van der Waals surface area (Å²) in [6.45, 7) is 5.05. The summed E-state index contributed by atoms with van der Waals surface area (Å²) in [5, 5.41) is 6.87. The maximum Gasteiger partial charge on any atom is 0.407 e. The number of hydrogen-bond acceptors (Lipinski definition) is 7. The zero-order valence-corrected chi connectivity index (χ0v) is 25.9. The minimum absolute atomic E-state index is 0.0121. The SMILES string of the molecule is CN(C)CCNC(=O)OC1CCC(Nc2cc(-c3c4n(c5cc(F)ccc35)S(=O)(=O)CC(C)(C)C4)ccc2C(N)=O)CC1. The van der Waals surface area contributed by atoms with Crippen molar-refractivity contribution < 1.29 is 27.1 Å². The molecule has 1 aliphatic carbocycles. The quantitative estimate of drug-likeness (QED) is 0.344. The van der Waals surface area contributed by atoms with E-state index in [1.807, 2.05) is 38.9 Å². The predicted molar refractivity (Wildman–Crippen MR) is 165 cm³/mol. The fourth-order valence-corrected chi connectivity index (χ4v) is 8.46. The van der Waals surface area contributed by atoms with Gasteiger partial charge in [-0.15, -0.1) is 0 Å². The first-order valence-electron chi connectivity index (χ1n) is 14.6. The van der Waals surface area contributed by atoms with Gasteiger partial charge in [0.2, 0.25) is 10.0 Å². The van der Waals surface area contributed by atoms with E-state index in [2.05, 4.69) is 10.6 Å². The van der Waals surface area contributed by atoms with Crippen LogP contribution >= 0.6 is 0 Å². The van der Waals surface area contributed by atoms with E-state index in [0.717, 1.165) is 6.54 Å². The highest BCUT2D eigenvalue weighted by Gasteiger charge is 2.39. The van der Waals surface area contributed by atoms with Gasteiger partial charge in [-0.05, 0) is 87.5 Å². The number of halogens is 1. The molecule has 1 fully saturated rings. The zero-order valence-electron chi connectivity index (χ0n) is 25.1. The minimum atomic E-state index is -3.74. The van der Waals surface area contributed by atoms with Crippen molar-refractivity contribution in [2.24, 2.45) is 11.1 Å². The van der Waals surface area contributed by atoms with E-state index in [4.69, 9.17) is 10.5 Å². The number of anilines is 1. The molecular formula is C31H40FN5O5S. The van der Waals surface area contributed by atoms with E-state index in [1.54, 1.807) is 18.2 Å². The van der Waals surface area contributed by atoms with Crippen molar-refractivity contribution in [2.45, 2.75) is 58.1 Å². The molecule has 0 saturated heterocycles. The molecule has 0 spiro atoms. The largest absolute Gasteiger partial charge is 0.446 e. The highest BCUT2D eigenvalue weighted by atomic mass is 32.2. The molecule has 0 radical (unpaired) electrons. The van der Waals surface area contributed by atoms with Gasteiger partial charge in [0, 0.05) is 41.5 Å². The Kier molecular flexibility index (Phi) is 8.45. The highest BCUT2D eigenvalue weighted by molar-refractivity contribution is 7.90. The van der Waals surface area contributed by atoms with E-state index in [0.29, 0.717) is 77.6 Å². The molecule has 1 aliphatic heterocycles. The van der Waals surface area contributed by atoms with Crippen LogP contribution in [0.3, 0.4) is 0 Å². The Morgan fingerprint density at radius 2 is 1.84 bits per heavy atom. The van der Waals surface area contributed by atoms with Gasteiger partial charge in [-0.2, -0.15) is 0 Å². The second kappa shape index (κ2) is 11.8. The summed E-state index contributed by atoms with van der Waals surface area (Å²) in [4.78, 5) is 26.5. The molecule has 12 heteroatoms. The lowest BCUT2D eigenvalue weighted by Gasteiger charge is -2.32. The highest BCUT2D eigenvalue weighted by Crippen LogP contribution is 2.44. The number of alkyl carbamates (subject to hydrolysis) is 1. The second-order valence-electron chi connectivity index (χ2n) is 12.7. The number of carbonyl (C=O) groups excluding carboxylic acids is 2. The number of primary amides is 1. The summed E-state index contributed by atoms with van der Waals surface area (Å²) >= 11 is 0. The number of nitrogens with zero attached hydrogens (tertiary/aromatic N) is 2. The number of fused-ring (bicyclic) bond motifs is 3. The topological polar surface area (TPSA) is 136 Å². The van der Waals surface area contributed by atoms with Crippen LogP contribution in [0.4, 0.5) is 14.9 Å². The van der Waals surface area contributed by atoms with Crippen LogP contribution in [0.15, 0.2) is 36.4 Å². The van der Waals surface area contributed by atoms with Gasteiger partial charge >= 0.3 is 6.09 Å². The third-order valence-corrected chi connectivity index (χ3v) is 10.3. The Hall–Kier alpha value is -3.64. The summed E-state index contributed by atoms with van der Waals surface area (Å²) in [7, 11) is 0.124. The molecular weight excluding hydrogens is 573 g/mol. The third kappa shape index (κ3) is 6.65. The lowest BCUT2D eigenvalue weighted by Crippen LogP contribution is -2.37. The van der Waals surface area contributed by atoms with Crippen molar-refractivity contribution in [1.29, 1.82) is 0 Å². The van der Waals surface area contributed by atoms with Gasteiger partial charge in [0.1, 0.15) is 11.9 Å². The van der Waals surface area contributed by atoms with Crippen LogP contribution in [0.5, 0.6) is 0 Å². The Morgan fingerprint density at radius 1 is 1.12 bits per heavy atom. The maximum absolute atomic E-state index is 14.4. The molecule has 43 heavy (non-hydrogen) atoms. The van der Waals surface area contributed by atoms with E-state index in [1.165, 1.54) is 16.1 Å². The predicted octanol–water partition coefficient (Wildman–Crippen LogP) is 4.32. The Morgan fingerprint density at radius 3 is 2.51 bits per heavy atom. The van der Waals surface area contributed by atoms with E-state index in [-0.39, 0.29) is 17.9 Å². The lowest BCUT2D eigenvalue weighted by molar-refractivity contribution is 0.0729. The van der Waals surface area contributed by atoms with Crippen LogP contribution in [-0.4, -0.2) is 74.4 Å². The van der Waals surface area contributed by atoms with Crippen LogP contribution in [0.1, 0.15) is 55.6 Å². The normalized spacial score (nSPS) is 20.9. The smallest absolute Gasteiger partial charge is 0.407 e. The monoisotopic (exact) mass is 613 g/mol. The van der Waals surface area contributed by atoms with Gasteiger partial charge in [-0.3, -0.25) is 4.79 Å². The molecule has 1 saturated carbocycles. The Labute approximate surface area is 251 Å². The molecule has 2 aliphatic rings. The molecule has 3 aromatic rings. The molecule has 4 N–H and O–H groups in total. The van der Waals surface area contributed by atoms with Crippen molar-refractivity contribution in [3.8, 4) is 11.1 Å². The van der Waals surface area contributed by atoms with Crippen LogP contribution in [-0.2, 0) is 21.2 Å². The number of likely N-dealkylation sites (N-methyl/N-ethyl adjacent to an activating group) is 1. The van der Waals surface area contributed by atoms with Crippen molar-refractivity contribution in [2.75, 3.05) is 38.3 Å². The lowest BCUT2D eigenvalue weighted by atomic mass is 9.87. The average molecular weight is 614 g/mol. The first-order chi connectivity index (χ1) is 20.2. The molecule has 2 aromatic carbocycles. The summed E-state index contributed by atoms with van der Waals surface area (Å²) in [6, 6.07) is 9.45. The Bertz CT molecular complexity index is 1660. The fraction of sp³-hybridized carbons (Fsp3) is 0.484. The molecule has 0 bridgehead atoms.